The molecule has 0 aliphatic carbocycles. The molecule has 0 N–H and O–H groups in total. The highest BCUT2D eigenvalue weighted by Crippen LogP contribution is 2.43. The zero-order valence-electron chi connectivity index (χ0n) is 14.5. The third-order valence-electron chi connectivity index (χ3n) is 5.72. The highest BCUT2D eigenvalue weighted by atomic mass is 19.1. The van der Waals surface area contributed by atoms with E-state index in [9.17, 15) is 4.39 Å². The third-order valence-corrected chi connectivity index (χ3v) is 5.72. The standard InChI is InChI=1S/C21H25FN2O/c22-20-7-2-1-5-17(20)13-19-14-21(16-25-19)8-11-24(12-9-21)15-18-6-3-4-10-23-18/h1-7,10,19H,8-9,11-16H2/t19-/m1/s1. The lowest BCUT2D eigenvalue weighted by atomic mass is 9.76. The van der Waals surface area contributed by atoms with Crippen molar-refractivity contribution in [1.29, 1.82) is 0 Å². The quantitative estimate of drug-likeness (QED) is 0.846. The Bertz CT molecular complexity index is 698. The van der Waals surface area contributed by atoms with E-state index in [-0.39, 0.29) is 17.3 Å². The van der Waals surface area contributed by atoms with Crippen LogP contribution in [0.2, 0.25) is 0 Å². The third kappa shape index (κ3) is 3.91. The van der Waals surface area contributed by atoms with Gasteiger partial charge in [0.1, 0.15) is 5.82 Å². The van der Waals surface area contributed by atoms with Crippen molar-refractivity contribution in [3.8, 4) is 0 Å². The first-order chi connectivity index (χ1) is 12.2. The van der Waals surface area contributed by atoms with Gasteiger partial charge in [0.25, 0.3) is 0 Å². The van der Waals surface area contributed by atoms with E-state index in [1.54, 1.807) is 6.07 Å². The van der Waals surface area contributed by atoms with E-state index >= 15 is 0 Å². The van der Waals surface area contributed by atoms with Crippen LogP contribution in [0.1, 0.15) is 30.5 Å². The zero-order valence-corrected chi connectivity index (χ0v) is 14.5. The van der Waals surface area contributed by atoms with Crippen LogP contribution in [-0.4, -0.2) is 35.7 Å². The molecule has 3 nitrogen and oxygen atoms in total. The average molecular weight is 340 g/mol. The van der Waals surface area contributed by atoms with Gasteiger partial charge >= 0.3 is 0 Å². The molecule has 0 bridgehead atoms. The van der Waals surface area contributed by atoms with Crippen molar-refractivity contribution in [3.63, 3.8) is 0 Å². The number of piperidine rings is 1. The molecule has 0 saturated carbocycles. The summed E-state index contributed by atoms with van der Waals surface area (Å²) in [7, 11) is 0. The van der Waals surface area contributed by atoms with Crippen LogP contribution in [0.5, 0.6) is 0 Å². The number of hydrogen-bond donors (Lipinski definition) is 0. The van der Waals surface area contributed by atoms with E-state index in [1.807, 2.05) is 30.5 Å². The van der Waals surface area contributed by atoms with Crippen LogP contribution in [-0.2, 0) is 17.7 Å². The molecule has 2 aliphatic heterocycles. The van der Waals surface area contributed by atoms with Crippen LogP contribution in [0.4, 0.5) is 4.39 Å². The van der Waals surface area contributed by atoms with Crippen molar-refractivity contribution in [3.05, 3.63) is 65.7 Å². The molecule has 4 rings (SSSR count). The largest absolute Gasteiger partial charge is 0.377 e. The average Bonchev–Trinajstić information content (AvgIpc) is 3.03. The summed E-state index contributed by atoms with van der Waals surface area (Å²) in [6, 6.07) is 13.2. The van der Waals surface area contributed by atoms with E-state index in [2.05, 4.69) is 16.0 Å². The summed E-state index contributed by atoms with van der Waals surface area (Å²) >= 11 is 0. The smallest absolute Gasteiger partial charge is 0.126 e. The maximum atomic E-state index is 13.9. The molecule has 2 aliphatic rings. The Hall–Kier alpha value is -1.78. The minimum absolute atomic E-state index is 0.114. The van der Waals surface area contributed by atoms with E-state index in [4.69, 9.17) is 4.74 Å². The predicted octanol–water partition coefficient (Wildman–Crippen LogP) is 3.83. The molecule has 0 radical (unpaired) electrons. The molecule has 2 fully saturated rings. The summed E-state index contributed by atoms with van der Waals surface area (Å²) in [6.45, 7) is 3.93. The lowest BCUT2D eigenvalue weighted by Crippen LogP contribution is -2.40. The monoisotopic (exact) mass is 340 g/mol. The van der Waals surface area contributed by atoms with Gasteiger partial charge in [0.15, 0.2) is 0 Å². The molecule has 1 atom stereocenters. The summed E-state index contributed by atoms with van der Waals surface area (Å²) in [6.07, 6.45) is 6.07. The molecular weight excluding hydrogens is 315 g/mol. The van der Waals surface area contributed by atoms with E-state index in [1.165, 1.54) is 6.07 Å². The molecule has 0 amide bonds. The van der Waals surface area contributed by atoms with Crippen molar-refractivity contribution in [2.24, 2.45) is 5.41 Å². The number of aromatic nitrogens is 1. The number of pyridine rings is 1. The van der Waals surface area contributed by atoms with Gasteiger partial charge < -0.3 is 4.74 Å². The Kier molecular flexibility index (Phi) is 4.82. The summed E-state index contributed by atoms with van der Waals surface area (Å²) < 4.78 is 19.9. The molecule has 4 heteroatoms. The molecule has 25 heavy (non-hydrogen) atoms. The van der Waals surface area contributed by atoms with Gasteiger partial charge in [-0.15, -0.1) is 0 Å². The highest BCUT2D eigenvalue weighted by Gasteiger charge is 2.42. The van der Waals surface area contributed by atoms with Gasteiger partial charge in [0.05, 0.1) is 18.4 Å². The van der Waals surface area contributed by atoms with Gasteiger partial charge in [0.2, 0.25) is 0 Å². The van der Waals surface area contributed by atoms with Crippen LogP contribution in [0.25, 0.3) is 0 Å². The topological polar surface area (TPSA) is 25.4 Å². The number of rotatable bonds is 4. The maximum absolute atomic E-state index is 13.9. The van der Waals surface area contributed by atoms with Crippen molar-refractivity contribution in [2.45, 2.75) is 38.3 Å². The van der Waals surface area contributed by atoms with Gasteiger partial charge in [-0.25, -0.2) is 4.39 Å². The van der Waals surface area contributed by atoms with Crippen molar-refractivity contribution in [1.82, 2.24) is 9.88 Å². The Morgan fingerprint density at radius 3 is 2.68 bits per heavy atom. The van der Waals surface area contributed by atoms with Gasteiger partial charge in [-0.1, -0.05) is 24.3 Å². The molecule has 2 aromatic rings. The zero-order chi connectivity index (χ0) is 17.1. The summed E-state index contributed by atoms with van der Waals surface area (Å²) in [4.78, 5) is 6.91. The minimum Gasteiger partial charge on any atom is -0.377 e. The number of halogens is 1. The van der Waals surface area contributed by atoms with Crippen LogP contribution < -0.4 is 0 Å². The Morgan fingerprint density at radius 1 is 1.12 bits per heavy atom. The second-order valence-electron chi connectivity index (χ2n) is 7.53. The Balaban J connectivity index is 1.31. The number of hydrogen-bond acceptors (Lipinski definition) is 3. The van der Waals surface area contributed by atoms with Crippen molar-refractivity contribution in [2.75, 3.05) is 19.7 Å². The van der Waals surface area contributed by atoms with Crippen LogP contribution in [0, 0.1) is 11.2 Å². The number of ether oxygens (including phenoxy) is 1. The molecule has 1 aromatic heterocycles. The van der Waals surface area contributed by atoms with Gasteiger partial charge in [-0.2, -0.15) is 0 Å². The first-order valence-corrected chi connectivity index (χ1v) is 9.20. The van der Waals surface area contributed by atoms with E-state index < -0.39 is 0 Å². The Labute approximate surface area is 148 Å². The lowest BCUT2D eigenvalue weighted by molar-refractivity contribution is 0.0626. The fourth-order valence-corrected chi connectivity index (χ4v) is 4.19. The molecule has 3 heterocycles. The SMILES string of the molecule is Fc1ccccc1C[C@@H]1CC2(CCN(Cc3ccccn3)CC2)CO1. The molecule has 0 unspecified atom stereocenters. The molecule has 2 saturated heterocycles. The maximum Gasteiger partial charge on any atom is 0.126 e. The Morgan fingerprint density at radius 2 is 1.92 bits per heavy atom. The summed E-state index contributed by atoms with van der Waals surface area (Å²) in [5.74, 6) is -0.114. The molecule has 1 spiro atoms. The molecule has 1 aromatic carbocycles. The summed E-state index contributed by atoms with van der Waals surface area (Å²) in [5, 5.41) is 0. The van der Waals surface area contributed by atoms with Crippen LogP contribution >= 0.6 is 0 Å². The van der Waals surface area contributed by atoms with Crippen molar-refractivity contribution >= 4 is 0 Å². The predicted molar refractivity (Wildman–Crippen MR) is 95.6 cm³/mol. The van der Waals surface area contributed by atoms with Crippen LogP contribution in [0.3, 0.4) is 0 Å². The van der Waals surface area contributed by atoms with Gasteiger partial charge in [-0.05, 0) is 61.5 Å². The lowest BCUT2D eigenvalue weighted by Gasteiger charge is -2.38. The van der Waals surface area contributed by atoms with Crippen LogP contribution in [0.15, 0.2) is 48.7 Å². The number of nitrogens with zero attached hydrogens (tertiary/aromatic N) is 2. The highest BCUT2D eigenvalue weighted by molar-refractivity contribution is 5.18. The molecular formula is C21H25FN2O. The second kappa shape index (κ2) is 7.22. The van der Waals surface area contributed by atoms with Crippen molar-refractivity contribution < 1.29 is 9.13 Å². The fourth-order valence-electron chi connectivity index (χ4n) is 4.19. The van der Waals surface area contributed by atoms with Gasteiger partial charge in [-0.3, -0.25) is 9.88 Å². The summed E-state index contributed by atoms with van der Waals surface area (Å²) in [5.41, 5.74) is 2.20. The van der Waals surface area contributed by atoms with Gasteiger partial charge in [0, 0.05) is 19.2 Å². The second-order valence-corrected chi connectivity index (χ2v) is 7.53. The first-order valence-electron chi connectivity index (χ1n) is 9.20. The first kappa shape index (κ1) is 16.7. The van der Waals surface area contributed by atoms with E-state index in [0.29, 0.717) is 6.42 Å². The fraction of sp³-hybridized carbons (Fsp3) is 0.476. The number of likely N-dealkylation sites (tertiary alicyclic amines) is 1. The minimum atomic E-state index is -0.114. The normalized spacial score (nSPS) is 23.2. The van der Waals surface area contributed by atoms with E-state index in [0.717, 1.165) is 56.8 Å². The number of benzene rings is 1. The molecule has 132 valence electrons.